The lowest BCUT2D eigenvalue weighted by atomic mass is 10.1. The minimum absolute atomic E-state index is 0.405. The second-order valence-electron chi connectivity index (χ2n) is 3.63. The Morgan fingerprint density at radius 2 is 2.24 bits per heavy atom. The highest BCUT2D eigenvalue weighted by atomic mass is 32.1. The van der Waals surface area contributed by atoms with Crippen molar-refractivity contribution < 1.29 is 4.79 Å². The molecule has 0 aliphatic carbocycles. The summed E-state index contributed by atoms with van der Waals surface area (Å²) in [5.41, 5.74) is 8.64. The number of fused-ring (bicyclic) bond motifs is 1. The molecule has 1 aromatic carbocycles. The van der Waals surface area contributed by atoms with Crippen molar-refractivity contribution in [2.75, 3.05) is 0 Å². The van der Waals surface area contributed by atoms with E-state index in [-0.39, 0.29) is 0 Å². The predicted molar refractivity (Wildman–Crippen MR) is 67.5 cm³/mol. The Morgan fingerprint density at radius 1 is 1.35 bits per heavy atom. The molecule has 3 aromatic rings. The van der Waals surface area contributed by atoms with Crippen LogP contribution in [0.2, 0.25) is 0 Å². The van der Waals surface area contributed by atoms with Gasteiger partial charge in [-0.3, -0.25) is 9.78 Å². The average Bonchev–Trinajstić information content (AvgIpc) is 2.96. The van der Waals surface area contributed by atoms with Gasteiger partial charge in [0.1, 0.15) is 5.00 Å². The van der Waals surface area contributed by atoms with Crippen molar-refractivity contribution in [3.8, 4) is 5.00 Å². The average molecular weight is 243 g/mol. The van der Waals surface area contributed by atoms with Crippen LogP contribution in [-0.4, -0.2) is 15.5 Å². The van der Waals surface area contributed by atoms with Gasteiger partial charge in [0.25, 0.3) is 0 Å². The zero-order valence-electron chi connectivity index (χ0n) is 8.83. The molecular formula is C12H9N3OS. The Hall–Kier alpha value is -2.14. The molecule has 2 N–H and O–H groups in total. The van der Waals surface area contributed by atoms with E-state index in [2.05, 4.69) is 4.98 Å². The van der Waals surface area contributed by atoms with Crippen LogP contribution in [0.5, 0.6) is 0 Å². The number of rotatable bonds is 2. The van der Waals surface area contributed by atoms with Crippen molar-refractivity contribution in [1.82, 2.24) is 9.55 Å². The first-order valence-electron chi connectivity index (χ1n) is 5.06. The maximum atomic E-state index is 11.3. The molecule has 17 heavy (non-hydrogen) atoms. The quantitative estimate of drug-likeness (QED) is 0.750. The topological polar surface area (TPSA) is 60.9 Å². The van der Waals surface area contributed by atoms with Gasteiger partial charge in [-0.15, -0.1) is 11.3 Å². The van der Waals surface area contributed by atoms with E-state index in [0.29, 0.717) is 5.56 Å². The second-order valence-corrected chi connectivity index (χ2v) is 4.49. The number of carbonyl (C=O) groups is 1. The number of benzene rings is 1. The van der Waals surface area contributed by atoms with E-state index in [1.807, 2.05) is 29.0 Å². The van der Waals surface area contributed by atoms with E-state index in [9.17, 15) is 4.79 Å². The number of amides is 1. The monoisotopic (exact) mass is 243 g/mol. The summed E-state index contributed by atoms with van der Waals surface area (Å²) < 4.78 is 2.00. The fourth-order valence-electron chi connectivity index (χ4n) is 1.90. The predicted octanol–water partition coefficient (Wildman–Crippen LogP) is 2.19. The molecule has 0 saturated heterocycles. The molecule has 1 amide bonds. The third-order valence-corrected chi connectivity index (χ3v) is 3.43. The van der Waals surface area contributed by atoms with E-state index >= 15 is 0 Å². The summed E-state index contributed by atoms with van der Waals surface area (Å²) in [5, 5.41) is 1.88. The minimum atomic E-state index is -0.405. The molecule has 0 fully saturated rings. The van der Waals surface area contributed by atoms with Crippen LogP contribution in [0, 0.1) is 0 Å². The van der Waals surface area contributed by atoms with Gasteiger partial charge in [0.15, 0.2) is 0 Å². The van der Waals surface area contributed by atoms with Gasteiger partial charge in [-0.05, 0) is 18.2 Å². The fraction of sp³-hybridized carbons (Fsp3) is 0. The zero-order chi connectivity index (χ0) is 11.8. The van der Waals surface area contributed by atoms with Gasteiger partial charge in [-0.2, -0.15) is 0 Å². The first-order valence-corrected chi connectivity index (χ1v) is 5.94. The molecule has 5 heteroatoms. The maximum Gasteiger partial charge on any atom is 0.249 e. The summed E-state index contributed by atoms with van der Waals surface area (Å²) in [7, 11) is 0. The van der Waals surface area contributed by atoms with Crippen molar-refractivity contribution in [3.63, 3.8) is 0 Å². The maximum absolute atomic E-state index is 11.3. The van der Waals surface area contributed by atoms with Crippen LogP contribution in [0.25, 0.3) is 15.9 Å². The summed E-state index contributed by atoms with van der Waals surface area (Å²) in [6, 6.07) is 7.43. The van der Waals surface area contributed by atoms with Crippen LogP contribution < -0.4 is 5.73 Å². The van der Waals surface area contributed by atoms with Gasteiger partial charge >= 0.3 is 0 Å². The Labute approximate surface area is 101 Å². The summed E-state index contributed by atoms with van der Waals surface area (Å²) in [6.45, 7) is 0. The number of nitrogens with two attached hydrogens (primary N) is 1. The summed E-state index contributed by atoms with van der Waals surface area (Å²) in [4.78, 5) is 15.4. The van der Waals surface area contributed by atoms with Crippen LogP contribution in [0.4, 0.5) is 0 Å². The number of primary amides is 1. The van der Waals surface area contributed by atoms with E-state index in [1.165, 1.54) is 0 Å². The van der Waals surface area contributed by atoms with Gasteiger partial charge in [0.05, 0.1) is 17.2 Å². The lowest BCUT2D eigenvalue weighted by Crippen LogP contribution is -2.11. The summed E-state index contributed by atoms with van der Waals surface area (Å²) in [6.07, 6.45) is 3.71. The molecule has 84 valence electrons. The van der Waals surface area contributed by atoms with E-state index in [0.717, 1.165) is 15.9 Å². The first kappa shape index (κ1) is 10.0. The zero-order valence-corrected chi connectivity index (χ0v) is 9.65. The van der Waals surface area contributed by atoms with Gasteiger partial charge in [-0.25, -0.2) is 0 Å². The molecular weight excluding hydrogens is 234 g/mol. The van der Waals surface area contributed by atoms with Gasteiger partial charge in [0, 0.05) is 17.1 Å². The molecule has 0 radical (unpaired) electrons. The normalized spacial score (nSPS) is 10.8. The lowest BCUT2D eigenvalue weighted by Gasteiger charge is -2.02. The van der Waals surface area contributed by atoms with Crippen molar-refractivity contribution >= 4 is 28.1 Å². The summed E-state index contributed by atoms with van der Waals surface area (Å²) >= 11 is 1.55. The standard InChI is InChI=1S/C12H9N3OS/c13-12(16)9-2-1-3-10-8(9)4-5-15(10)11-6-14-7-17-11/h1-7H,(H2,13,16). The fourth-order valence-corrected chi connectivity index (χ4v) is 2.53. The van der Waals surface area contributed by atoms with Gasteiger partial charge in [-0.1, -0.05) is 6.07 Å². The first-order chi connectivity index (χ1) is 8.27. The molecule has 0 aliphatic heterocycles. The van der Waals surface area contributed by atoms with Gasteiger partial charge in [0.2, 0.25) is 5.91 Å². The largest absolute Gasteiger partial charge is 0.366 e. The smallest absolute Gasteiger partial charge is 0.249 e. The van der Waals surface area contributed by atoms with Gasteiger partial charge < -0.3 is 10.3 Å². The Morgan fingerprint density at radius 3 is 2.94 bits per heavy atom. The van der Waals surface area contributed by atoms with Crippen LogP contribution in [0.3, 0.4) is 0 Å². The highest BCUT2D eigenvalue weighted by molar-refractivity contribution is 7.12. The van der Waals surface area contributed by atoms with Crippen molar-refractivity contribution in [3.05, 3.63) is 47.7 Å². The molecule has 0 aliphatic rings. The molecule has 0 bridgehead atoms. The van der Waals surface area contributed by atoms with E-state index in [1.54, 1.807) is 29.1 Å². The van der Waals surface area contributed by atoms with Crippen LogP contribution in [0.1, 0.15) is 10.4 Å². The molecule has 2 aromatic heterocycles. The molecule has 0 saturated carbocycles. The van der Waals surface area contributed by atoms with E-state index < -0.39 is 5.91 Å². The molecule has 0 atom stereocenters. The number of thiazole rings is 1. The SMILES string of the molecule is NC(=O)c1cccc2c1ccn2-c1cncs1. The summed E-state index contributed by atoms with van der Waals surface area (Å²) in [5.74, 6) is -0.405. The number of carbonyl (C=O) groups excluding carboxylic acids is 1. The molecule has 3 rings (SSSR count). The van der Waals surface area contributed by atoms with E-state index in [4.69, 9.17) is 5.73 Å². The molecule has 0 spiro atoms. The van der Waals surface area contributed by atoms with Crippen molar-refractivity contribution in [1.29, 1.82) is 0 Å². The molecule has 2 heterocycles. The molecule has 0 unspecified atom stereocenters. The number of nitrogens with zero attached hydrogens (tertiary/aromatic N) is 2. The minimum Gasteiger partial charge on any atom is -0.366 e. The van der Waals surface area contributed by atoms with Crippen LogP contribution >= 0.6 is 11.3 Å². The molecule has 4 nitrogen and oxygen atoms in total. The highest BCUT2D eigenvalue weighted by Gasteiger charge is 2.10. The third kappa shape index (κ3) is 1.52. The number of hydrogen-bond acceptors (Lipinski definition) is 3. The Kier molecular flexibility index (Phi) is 2.19. The number of aromatic nitrogens is 2. The van der Waals surface area contributed by atoms with Crippen LogP contribution in [0.15, 0.2) is 42.2 Å². The highest BCUT2D eigenvalue weighted by Crippen LogP contribution is 2.24. The Bertz CT molecular complexity index is 685. The third-order valence-electron chi connectivity index (χ3n) is 2.66. The lowest BCUT2D eigenvalue weighted by molar-refractivity contribution is 0.100. The van der Waals surface area contributed by atoms with Crippen molar-refractivity contribution in [2.24, 2.45) is 5.73 Å². The number of hydrogen-bond donors (Lipinski definition) is 1. The Balaban J connectivity index is 2.31. The second kappa shape index (κ2) is 3.71. The van der Waals surface area contributed by atoms with Crippen LogP contribution in [-0.2, 0) is 0 Å². The van der Waals surface area contributed by atoms with Crippen molar-refractivity contribution in [2.45, 2.75) is 0 Å².